The lowest BCUT2D eigenvalue weighted by atomic mass is 10.2. The van der Waals surface area contributed by atoms with Crippen molar-refractivity contribution in [3.8, 4) is 0 Å². The van der Waals surface area contributed by atoms with Crippen molar-refractivity contribution < 1.29 is 14.7 Å². The maximum atomic E-state index is 11.8. The maximum Gasteiger partial charge on any atom is 0.337 e. The second-order valence-corrected chi connectivity index (χ2v) is 4.05. The quantitative estimate of drug-likeness (QED) is 0.811. The Bertz CT molecular complexity index is 470. The molecule has 0 bridgehead atoms. The second-order valence-electron chi connectivity index (χ2n) is 4.05. The van der Waals surface area contributed by atoms with Crippen LogP contribution in [0.1, 0.15) is 29.9 Å². The number of aryl methyl sites for hydroxylation is 1. The number of carbonyl (C=O) groups excluding carboxylic acids is 1. The Labute approximate surface area is 112 Å². The summed E-state index contributed by atoms with van der Waals surface area (Å²) < 4.78 is 0. The van der Waals surface area contributed by atoms with Crippen LogP contribution in [-0.4, -0.2) is 46.5 Å². The number of carboxylic acids is 1. The van der Waals surface area contributed by atoms with Crippen LogP contribution < -0.4 is 5.32 Å². The molecule has 0 aliphatic rings. The molecule has 0 saturated carbocycles. The van der Waals surface area contributed by atoms with Gasteiger partial charge in [-0.1, -0.05) is 0 Å². The second kappa shape index (κ2) is 6.72. The molecular weight excluding hydrogens is 246 g/mol. The summed E-state index contributed by atoms with van der Waals surface area (Å²) in [6.45, 7) is 6.96. The molecule has 6 heteroatoms. The van der Waals surface area contributed by atoms with Crippen molar-refractivity contribution in [2.24, 2.45) is 0 Å². The van der Waals surface area contributed by atoms with E-state index in [4.69, 9.17) is 5.11 Å². The lowest BCUT2D eigenvalue weighted by Gasteiger charge is -2.19. The van der Waals surface area contributed by atoms with Gasteiger partial charge in [0, 0.05) is 13.1 Å². The highest BCUT2D eigenvalue weighted by atomic mass is 16.4. The maximum absolute atomic E-state index is 11.8. The van der Waals surface area contributed by atoms with Gasteiger partial charge < -0.3 is 15.3 Å². The molecule has 0 atom stereocenters. The molecule has 0 radical (unpaired) electrons. The molecule has 0 unspecified atom stereocenters. The minimum Gasteiger partial charge on any atom is -0.478 e. The van der Waals surface area contributed by atoms with Gasteiger partial charge in [-0.15, -0.1) is 0 Å². The van der Waals surface area contributed by atoms with Crippen LogP contribution in [0.2, 0.25) is 0 Å². The van der Waals surface area contributed by atoms with E-state index in [1.165, 1.54) is 6.07 Å². The standard InChI is InChI=1S/C13H19N3O3/c1-4-16(5-2)12(17)8-14-11-7-6-10(13(18)19)9(3)15-11/h6-7H,4-5,8H2,1-3H3,(H,14,15)(H,18,19). The van der Waals surface area contributed by atoms with E-state index >= 15 is 0 Å². The van der Waals surface area contributed by atoms with E-state index in [0.29, 0.717) is 24.6 Å². The van der Waals surface area contributed by atoms with Crippen molar-refractivity contribution in [3.05, 3.63) is 23.4 Å². The molecular formula is C13H19N3O3. The molecule has 0 fully saturated rings. The third kappa shape index (κ3) is 3.94. The number of anilines is 1. The van der Waals surface area contributed by atoms with Crippen molar-refractivity contribution in [2.45, 2.75) is 20.8 Å². The van der Waals surface area contributed by atoms with Crippen LogP contribution in [0.5, 0.6) is 0 Å². The molecule has 0 saturated heterocycles. The fourth-order valence-corrected chi connectivity index (χ4v) is 1.74. The Morgan fingerprint density at radius 1 is 1.32 bits per heavy atom. The Kier molecular flexibility index (Phi) is 5.29. The summed E-state index contributed by atoms with van der Waals surface area (Å²) in [6, 6.07) is 3.04. The molecule has 0 spiro atoms. The Hall–Kier alpha value is -2.11. The highest BCUT2D eigenvalue weighted by Gasteiger charge is 2.11. The third-order valence-electron chi connectivity index (χ3n) is 2.85. The summed E-state index contributed by atoms with van der Waals surface area (Å²) in [5.41, 5.74) is 0.591. The molecule has 0 aromatic carbocycles. The zero-order chi connectivity index (χ0) is 14.4. The molecule has 0 aliphatic heterocycles. The third-order valence-corrected chi connectivity index (χ3v) is 2.85. The average Bonchev–Trinajstić information content (AvgIpc) is 2.37. The molecule has 1 amide bonds. The zero-order valence-electron chi connectivity index (χ0n) is 11.4. The number of carboxylic acid groups (broad SMARTS) is 1. The summed E-state index contributed by atoms with van der Waals surface area (Å²) >= 11 is 0. The van der Waals surface area contributed by atoms with Crippen molar-refractivity contribution >= 4 is 17.7 Å². The van der Waals surface area contributed by atoms with Gasteiger partial charge in [0.25, 0.3) is 0 Å². The predicted molar refractivity (Wildman–Crippen MR) is 72.4 cm³/mol. The smallest absolute Gasteiger partial charge is 0.337 e. The summed E-state index contributed by atoms with van der Waals surface area (Å²) in [7, 11) is 0. The van der Waals surface area contributed by atoms with Gasteiger partial charge in [-0.2, -0.15) is 0 Å². The largest absolute Gasteiger partial charge is 0.478 e. The normalized spacial score (nSPS) is 10.1. The number of hydrogen-bond acceptors (Lipinski definition) is 4. The van der Waals surface area contributed by atoms with Gasteiger partial charge in [0.1, 0.15) is 5.82 Å². The summed E-state index contributed by atoms with van der Waals surface area (Å²) in [5.74, 6) is -0.509. The monoisotopic (exact) mass is 265 g/mol. The number of hydrogen-bond donors (Lipinski definition) is 2. The van der Waals surface area contributed by atoms with Gasteiger partial charge in [-0.05, 0) is 32.9 Å². The lowest BCUT2D eigenvalue weighted by molar-refractivity contribution is -0.128. The number of carbonyl (C=O) groups is 2. The molecule has 2 N–H and O–H groups in total. The molecule has 0 aliphatic carbocycles. The average molecular weight is 265 g/mol. The first-order valence-corrected chi connectivity index (χ1v) is 6.22. The van der Waals surface area contributed by atoms with Crippen molar-refractivity contribution in [1.29, 1.82) is 0 Å². The number of aromatic carboxylic acids is 1. The van der Waals surface area contributed by atoms with E-state index in [1.54, 1.807) is 17.9 Å². The molecule has 1 aromatic heterocycles. The topological polar surface area (TPSA) is 82.5 Å². The predicted octanol–water partition coefficient (Wildman–Crippen LogP) is 1.37. The molecule has 19 heavy (non-hydrogen) atoms. The Morgan fingerprint density at radius 2 is 1.95 bits per heavy atom. The fraction of sp³-hybridized carbons (Fsp3) is 0.462. The van der Waals surface area contributed by atoms with Crippen LogP contribution in [0, 0.1) is 6.92 Å². The van der Waals surface area contributed by atoms with E-state index in [9.17, 15) is 9.59 Å². The van der Waals surface area contributed by atoms with E-state index < -0.39 is 5.97 Å². The van der Waals surface area contributed by atoms with E-state index in [2.05, 4.69) is 10.3 Å². The van der Waals surface area contributed by atoms with Crippen LogP contribution in [0.15, 0.2) is 12.1 Å². The molecule has 104 valence electrons. The van der Waals surface area contributed by atoms with Crippen LogP contribution in [0.3, 0.4) is 0 Å². The van der Waals surface area contributed by atoms with Crippen LogP contribution in [0.25, 0.3) is 0 Å². The highest BCUT2D eigenvalue weighted by molar-refractivity contribution is 5.89. The van der Waals surface area contributed by atoms with Crippen LogP contribution >= 0.6 is 0 Å². The van der Waals surface area contributed by atoms with Crippen molar-refractivity contribution in [3.63, 3.8) is 0 Å². The lowest BCUT2D eigenvalue weighted by Crippen LogP contribution is -2.35. The molecule has 1 rings (SSSR count). The fourth-order valence-electron chi connectivity index (χ4n) is 1.74. The summed E-state index contributed by atoms with van der Waals surface area (Å²) in [5, 5.41) is 11.8. The number of amides is 1. The van der Waals surface area contributed by atoms with Gasteiger partial charge in [0.05, 0.1) is 17.8 Å². The van der Waals surface area contributed by atoms with Crippen molar-refractivity contribution in [1.82, 2.24) is 9.88 Å². The van der Waals surface area contributed by atoms with E-state index in [-0.39, 0.29) is 18.0 Å². The minimum absolute atomic E-state index is 0.00763. The first-order chi connectivity index (χ1) is 8.99. The van der Waals surface area contributed by atoms with Crippen LogP contribution in [0.4, 0.5) is 5.82 Å². The van der Waals surface area contributed by atoms with Crippen LogP contribution in [-0.2, 0) is 4.79 Å². The summed E-state index contributed by atoms with van der Waals surface area (Å²) in [6.07, 6.45) is 0. The Balaban J connectivity index is 2.66. The molecule has 1 aromatic rings. The van der Waals surface area contributed by atoms with Gasteiger partial charge in [0.2, 0.25) is 5.91 Å². The molecule has 1 heterocycles. The number of nitrogens with zero attached hydrogens (tertiary/aromatic N) is 2. The Morgan fingerprint density at radius 3 is 2.42 bits per heavy atom. The van der Waals surface area contributed by atoms with Gasteiger partial charge in [-0.3, -0.25) is 4.79 Å². The zero-order valence-corrected chi connectivity index (χ0v) is 11.4. The van der Waals surface area contributed by atoms with E-state index in [1.807, 2.05) is 13.8 Å². The number of pyridine rings is 1. The summed E-state index contributed by atoms with van der Waals surface area (Å²) in [4.78, 5) is 28.5. The number of aromatic nitrogens is 1. The number of rotatable bonds is 6. The van der Waals surface area contributed by atoms with Gasteiger partial charge >= 0.3 is 5.97 Å². The molecule has 6 nitrogen and oxygen atoms in total. The van der Waals surface area contributed by atoms with Gasteiger partial charge in [-0.25, -0.2) is 9.78 Å². The minimum atomic E-state index is -1.00. The number of likely N-dealkylation sites (N-methyl/N-ethyl adjacent to an activating group) is 1. The van der Waals surface area contributed by atoms with Crippen molar-refractivity contribution in [2.75, 3.05) is 25.0 Å². The highest BCUT2D eigenvalue weighted by Crippen LogP contribution is 2.10. The number of nitrogens with one attached hydrogen (secondary N) is 1. The first kappa shape index (κ1) is 14.9. The first-order valence-electron chi connectivity index (χ1n) is 6.22. The SMILES string of the molecule is CCN(CC)C(=O)CNc1ccc(C(=O)O)c(C)n1. The van der Waals surface area contributed by atoms with Gasteiger partial charge in [0.15, 0.2) is 0 Å². The van der Waals surface area contributed by atoms with E-state index in [0.717, 1.165) is 0 Å².